The van der Waals surface area contributed by atoms with Crippen molar-refractivity contribution in [2.45, 2.75) is 12.6 Å². The van der Waals surface area contributed by atoms with Crippen LogP contribution in [0.15, 0.2) is 53.0 Å². The van der Waals surface area contributed by atoms with Gasteiger partial charge in [-0.15, -0.1) is 0 Å². The van der Waals surface area contributed by atoms with Gasteiger partial charge in [0, 0.05) is 17.3 Å². The Hall–Kier alpha value is -1.36. The van der Waals surface area contributed by atoms with Gasteiger partial charge >= 0.3 is 0 Å². The summed E-state index contributed by atoms with van der Waals surface area (Å²) in [5.41, 5.74) is 3.11. The molecule has 1 unspecified atom stereocenters. The zero-order chi connectivity index (χ0) is 14.4. The number of nitrogens with one attached hydrogen (secondary N) is 1. The molecule has 0 bridgehead atoms. The van der Waals surface area contributed by atoms with Crippen LogP contribution in [0.2, 0.25) is 0 Å². The quantitative estimate of drug-likeness (QED) is 0.844. The highest BCUT2D eigenvalue weighted by Gasteiger charge is 2.14. The fourth-order valence-electron chi connectivity index (χ4n) is 2.13. The minimum Gasteiger partial charge on any atom is -0.394 e. The van der Waals surface area contributed by atoms with E-state index in [0.29, 0.717) is 6.61 Å². The van der Waals surface area contributed by atoms with Crippen molar-refractivity contribution in [3.05, 3.63) is 64.1 Å². The Labute approximate surface area is 127 Å². The summed E-state index contributed by atoms with van der Waals surface area (Å²) in [7, 11) is 1.67. The maximum atomic E-state index is 9.68. The van der Waals surface area contributed by atoms with Crippen LogP contribution in [0.25, 0.3) is 0 Å². The SMILES string of the molecule is COCc1ccccc1C(CO)Nc1ccc(Br)cc1. The summed E-state index contributed by atoms with van der Waals surface area (Å²) in [5, 5.41) is 13.0. The monoisotopic (exact) mass is 335 g/mol. The van der Waals surface area contributed by atoms with Crippen LogP contribution in [0.5, 0.6) is 0 Å². The molecule has 1 atom stereocenters. The lowest BCUT2D eigenvalue weighted by Gasteiger charge is -2.21. The molecule has 0 fully saturated rings. The van der Waals surface area contributed by atoms with Gasteiger partial charge < -0.3 is 15.2 Å². The Morgan fingerprint density at radius 3 is 2.50 bits per heavy atom. The van der Waals surface area contributed by atoms with E-state index in [2.05, 4.69) is 21.2 Å². The first-order chi connectivity index (χ1) is 9.74. The molecule has 106 valence electrons. The number of methoxy groups -OCH3 is 1. The summed E-state index contributed by atoms with van der Waals surface area (Å²) in [6.07, 6.45) is 0. The second-order valence-electron chi connectivity index (χ2n) is 4.52. The number of benzene rings is 2. The van der Waals surface area contributed by atoms with E-state index in [0.717, 1.165) is 21.3 Å². The fourth-order valence-corrected chi connectivity index (χ4v) is 2.39. The van der Waals surface area contributed by atoms with Gasteiger partial charge in [0.05, 0.1) is 19.3 Å². The molecule has 0 saturated heterocycles. The molecule has 2 rings (SSSR count). The molecule has 0 spiro atoms. The van der Waals surface area contributed by atoms with Crippen molar-refractivity contribution in [2.75, 3.05) is 19.0 Å². The molecule has 3 nitrogen and oxygen atoms in total. The van der Waals surface area contributed by atoms with Gasteiger partial charge in [-0.25, -0.2) is 0 Å². The normalized spacial score (nSPS) is 12.2. The molecule has 0 heterocycles. The summed E-state index contributed by atoms with van der Waals surface area (Å²) in [6.45, 7) is 0.561. The standard InChI is InChI=1S/C16H18BrNO2/c1-20-11-12-4-2-3-5-15(12)16(10-19)18-14-8-6-13(17)7-9-14/h2-9,16,18-19H,10-11H2,1H3. The zero-order valence-electron chi connectivity index (χ0n) is 11.3. The van der Waals surface area contributed by atoms with Crippen LogP contribution in [0, 0.1) is 0 Å². The second kappa shape index (κ2) is 7.43. The number of hydrogen-bond acceptors (Lipinski definition) is 3. The summed E-state index contributed by atoms with van der Waals surface area (Å²) >= 11 is 3.41. The maximum Gasteiger partial charge on any atom is 0.0748 e. The molecule has 2 aromatic carbocycles. The first kappa shape index (κ1) is 15.0. The van der Waals surface area contributed by atoms with Crippen molar-refractivity contribution in [1.82, 2.24) is 0 Å². The van der Waals surface area contributed by atoms with Gasteiger partial charge in [0.1, 0.15) is 0 Å². The average Bonchev–Trinajstić information content (AvgIpc) is 2.48. The molecule has 0 aromatic heterocycles. The van der Waals surface area contributed by atoms with Crippen LogP contribution < -0.4 is 5.32 Å². The minimum atomic E-state index is -0.150. The van der Waals surface area contributed by atoms with Gasteiger partial charge in [0.2, 0.25) is 0 Å². The molecule has 4 heteroatoms. The van der Waals surface area contributed by atoms with Gasteiger partial charge in [0.15, 0.2) is 0 Å². The van der Waals surface area contributed by atoms with Crippen LogP contribution in [0.3, 0.4) is 0 Å². The lowest BCUT2D eigenvalue weighted by atomic mass is 10.0. The molecule has 0 aliphatic heterocycles. The Balaban J connectivity index is 2.21. The Morgan fingerprint density at radius 2 is 1.85 bits per heavy atom. The predicted octanol–water partition coefficient (Wildman–Crippen LogP) is 3.74. The fraction of sp³-hybridized carbons (Fsp3) is 0.250. The minimum absolute atomic E-state index is 0.0246. The van der Waals surface area contributed by atoms with Gasteiger partial charge in [-0.2, -0.15) is 0 Å². The number of aliphatic hydroxyl groups is 1. The maximum absolute atomic E-state index is 9.68. The van der Waals surface area contributed by atoms with Crippen molar-refractivity contribution in [3.8, 4) is 0 Å². The van der Waals surface area contributed by atoms with Crippen LogP contribution in [-0.2, 0) is 11.3 Å². The lowest BCUT2D eigenvalue weighted by Crippen LogP contribution is -2.16. The third kappa shape index (κ3) is 3.82. The van der Waals surface area contributed by atoms with E-state index in [1.165, 1.54) is 0 Å². The third-order valence-electron chi connectivity index (χ3n) is 3.10. The van der Waals surface area contributed by atoms with Gasteiger partial charge in [-0.1, -0.05) is 40.2 Å². The molecule has 0 amide bonds. The highest BCUT2D eigenvalue weighted by Crippen LogP contribution is 2.24. The van der Waals surface area contributed by atoms with Crippen LogP contribution in [0.1, 0.15) is 17.2 Å². The third-order valence-corrected chi connectivity index (χ3v) is 3.63. The molecular formula is C16H18BrNO2. The highest BCUT2D eigenvalue weighted by atomic mass is 79.9. The molecular weight excluding hydrogens is 318 g/mol. The number of ether oxygens (including phenoxy) is 1. The highest BCUT2D eigenvalue weighted by molar-refractivity contribution is 9.10. The van der Waals surface area contributed by atoms with Crippen molar-refractivity contribution in [3.63, 3.8) is 0 Å². The Bertz CT molecular complexity index is 542. The smallest absolute Gasteiger partial charge is 0.0748 e. The number of hydrogen-bond donors (Lipinski definition) is 2. The Kier molecular flexibility index (Phi) is 5.59. The topological polar surface area (TPSA) is 41.5 Å². The predicted molar refractivity (Wildman–Crippen MR) is 84.7 cm³/mol. The molecule has 0 radical (unpaired) electrons. The second-order valence-corrected chi connectivity index (χ2v) is 5.43. The summed E-state index contributed by atoms with van der Waals surface area (Å²) in [6, 6.07) is 15.7. The van der Waals surface area contributed by atoms with Crippen LogP contribution in [0.4, 0.5) is 5.69 Å². The zero-order valence-corrected chi connectivity index (χ0v) is 12.9. The molecule has 20 heavy (non-hydrogen) atoms. The number of anilines is 1. The van der Waals surface area contributed by atoms with Crippen molar-refractivity contribution in [1.29, 1.82) is 0 Å². The van der Waals surface area contributed by atoms with E-state index < -0.39 is 0 Å². The molecule has 0 aliphatic carbocycles. The van der Waals surface area contributed by atoms with E-state index in [-0.39, 0.29) is 12.6 Å². The van der Waals surface area contributed by atoms with Gasteiger partial charge in [-0.3, -0.25) is 0 Å². The first-order valence-corrected chi connectivity index (χ1v) is 7.23. The number of halogens is 1. The molecule has 0 aliphatic rings. The lowest BCUT2D eigenvalue weighted by molar-refractivity contribution is 0.183. The summed E-state index contributed by atoms with van der Waals surface area (Å²) in [4.78, 5) is 0. The Morgan fingerprint density at radius 1 is 1.15 bits per heavy atom. The van der Waals surface area contributed by atoms with Crippen LogP contribution in [-0.4, -0.2) is 18.8 Å². The van der Waals surface area contributed by atoms with Gasteiger partial charge in [0.25, 0.3) is 0 Å². The number of rotatable bonds is 6. The molecule has 2 N–H and O–H groups in total. The van der Waals surface area contributed by atoms with E-state index in [1.54, 1.807) is 7.11 Å². The number of aliphatic hydroxyl groups excluding tert-OH is 1. The summed E-state index contributed by atoms with van der Waals surface area (Å²) < 4.78 is 6.24. The van der Waals surface area contributed by atoms with E-state index in [4.69, 9.17) is 4.74 Å². The van der Waals surface area contributed by atoms with E-state index in [1.807, 2.05) is 48.5 Å². The van der Waals surface area contributed by atoms with Crippen LogP contribution >= 0.6 is 15.9 Å². The van der Waals surface area contributed by atoms with Crippen molar-refractivity contribution in [2.24, 2.45) is 0 Å². The average molecular weight is 336 g/mol. The van der Waals surface area contributed by atoms with Gasteiger partial charge in [-0.05, 0) is 35.4 Å². The van der Waals surface area contributed by atoms with E-state index in [9.17, 15) is 5.11 Å². The van der Waals surface area contributed by atoms with E-state index >= 15 is 0 Å². The molecule has 0 saturated carbocycles. The summed E-state index contributed by atoms with van der Waals surface area (Å²) in [5.74, 6) is 0. The largest absolute Gasteiger partial charge is 0.394 e. The van der Waals surface area contributed by atoms with Crippen molar-refractivity contribution < 1.29 is 9.84 Å². The molecule has 2 aromatic rings. The van der Waals surface area contributed by atoms with Crippen molar-refractivity contribution >= 4 is 21.6 Å². The first-order valence-electron chi connectivity index (χ1n) is 6.44.